The number of nitrogens with zero attached hydrogens (tertiary/aromatic N) is 3. The molecule has 0 bridgehead atoms. The van der Waals surface area contributed by atoms with Crippen molar-refractivity contribution in [1.29, 1.82) is 0 Å². The summed E-state index contributed by atoms with van der Waals surface area (Å²) in [7, 11) is 1.87. The van der Waals surface area contributed by atoms with Gasteiger partial charge in [-0.05, 0) is 17.7 Å². The van der Waals surface area contributed by atoms with E-state index in [1.807, 2.05) is 54.2 Å². The average Bonchev–Trinajstić information content (AvgIpc) is 3.23. The van der Waals surface area contributed by atoms with Crippen LogP contribution in [-0.2, 0) is 7.05 Å². The number of benzene rings is 3. The summed E-state index contributed by atoms with van der Waals surface area (Å²) in [5.74, 6) is 0.448. The van der Waals surface area contributed by atoms with Gasteiger partial charge in [-0.2, -0.15) is 0 Å². The van der Waals surface area contributed by atoms with Gasteiger partial charge >= 0.3 is 0 Å². The Balaban J connectivity index is 1.73. The minimum atomic E-state index is -0.482. The van der Waals surface area contributed by atoms with E-state index >= 15 is 0 Å². The van der Waals surface area contributed by atoms with Gasteiger partial charge in [0.2, 0.25) is 0 Å². The predicted molar refractivity (Wildman–Crippen MR) is 118 cm³/mol. The lowest BCUT2D eigenvalue weighted by Crippen LogP contribution is -2.17. The second-order valence-electron chi connectivity index (χ2n) is 7.07. The van der Waals surface area contributed by atoms with E-state index in [1.165, 1.54) is 6.07 Å². The molecule has 0 fully saturated rings. The molecule has 0 amide bonds. The highest BCUT2D eigenvalue weighted by Crippen LogP contribution is 2.32. The van der Waals surface area contributed by atoms with Gasteiger partial charge in [-0.15, -0.1) is 0 Å². The fourth-order valence-electron chi connectivity index (χ4n) is 3.46. The van der Waals surface area contributed by atoms with Crippen molar-refractivity contribution >= 4 is 17.2 Å². The number of aromatic nitrogens is 2. The Bertz CT molecular complexity index is 1220. The molecule has 154 valence electrons. The summed E-state index contributed by atoms with van der Waals surface area (Å²) in [4.78, 5) is 28.5. The van der Waals surface area contributed by atoms with Crippen molar-refractivity contribution in [3.05, 3.63) is 124 Å². The summed E-state index contributed by atoms with van der Waals surface area (Å²) in [5.41, 5.74) is 1.79. The second-order valence-corrected chi connectivity index (χ2v) is 7.07. The number of nitro benzene ring substituents is 1. The highest BCUT2D eigenvalue weighted by Gasteiger charge is 2.24. The third kappa shape index (κ3) is 4.20. The molecular weight excluding hydrogens is 392 g/mol. The van der Waals surface area contributed by atoms with E-state index in [0.29, 0.717) is 17.1 Å². The van der Waals surface area contributed by atoms with Crippen LogP contribution in [-0.4, -0.2) is 20.3 Å². The molecule has 1 heterocycles. The van der Waals surface area contributed by atoms with Crippen molar-refractivity contribution in [2.75, 3.05) is 5.32 Å². The maximum absolute atomic E-state index is 12.8. The molecule has 0 aliphatic carbocycles. The number of hydrogen-bond donors (Lipinski definition) is 1. The Morgan fingerprint density at radius 2 is 1.68 bits per heavy atom. The summed E-state index contributed by atoms with van der Waals surface area (Å²) in [6.45, 7) is 0. The van der Waals surface area contributed by atoms with E-state index in [2.05, 4.69) is 10.3 Å². The van der Waals surface area contributed by atoms with E-state index in [-0.39, 0.29) is 17.0 Å². The Kier molecular flexibility index (Phi) is 5.57. The largest absolute Gasteiger partial charge is 0.366 e. The Morgan fingerprint density at radius 1 is 1.00 bits per heavy atom. The minimum Gasteiger partial charge on any atom is -0.366 e. The molecule has 0 saturated carbocycles. The van der Waals surface area contributed by atoms with Gasteiger partial charge in [0.1, 0.15) is 17.6 Å². The third-order valence-electron chi connectivity index (χ3n) is 5.04. The predicted octanol–water partition coefficient (Wildman–Crippen LogP) is 4.76. The number of imidazole rings is 1. The van der Waals surface area contributed by atoms with Crippen LogP contribution in [0.5, 0.6) is 0 Å². The van der Waals surface area contributed by atoms with Crippen molar-refractivity contribution in [2.45, 2.75) is 6.04 Å². The standard InChI is InChI=1S/C24H20N4O3/c1-27-15-14-25-24(27)22(17-8-4-2-5-9-17)26-20-13-12-19(16-21(20)28(30)31)23(29)18-10-6-3-7-11-18/h2-16,22,26H,1H3/t22-/m0/s1. The van der Waals surface area contributed by atoms with Gasteiger partial charge in [0.15, 0.2) is 5.78 Å². The number of rotatable bonds is 7. The van der Waals surface area contributed by atoms with Crippen molar-refractivity contribution in [3.8, 4) is 0 Å². The molecule has 0 radical (unpaired) electrons. The first-order chi connectivity index (χ1) is 15.0. The van der Waals surface area contributed by atoms with Crippen LogP contribution in [0.4, 0.5) is 11.4 Å². The van der Waals surface area contributed by atoms with Crippen molar-refractivity contribution < 1.29 is 9.72 Å². The number of hydrogen-bond acceptors (Lipinski definition) is 5. The minimum absolute atomic E-state index is 0.170. The van der Waals surface area contributed by atoms with Crippen molar-refractivity contribution in [2.24, 2.45) is 7.05 Å². The van der Waals surface area contributed by atoms with Crippen LogP contribution in [0, 0.1) is 10.1 Å². The maximum atomic E-state index is 12.8. The molecule has 1 N–H and O–H groups in total. The molecule has 0 aliphatic rings. The number of ketones is 1. The topological polar surface area (TPSA) is 90.1 Å². The smallest absolute Gasteiger partial charge is 0.293 e. The molecule has 0 aliphatic heterocycles. The fraction of sp³-hybridized carbons (Fsp3) is 0.0833. The zero-order chi connectivity index (χ0) is 21.8. The summed E-state index contributed by atoms with van der Waals surface area (Å²) >= 11 is 0. The lowest BCUT2D eigenvalue weighted by atomic mass is 10.0. The van der Waals surface area contributed by atoms with Crippen molar-refractivity contribution in [1.82, 2.24) is 9.55 Å². The summed E-state index contributed by atoms with van der Waals surface area (Å²) in [6, 6.07) is 22.4. The van der Waals surface area contributed by atoms with Gasteiger partial charge in [-0.25, -0.2) is 4.98 Å². The zero-order valence-corrected chi connectivity index (χ0v) is 16.8. The zero-order valence-electron chi connectivity index (χ0n) is 16.8. The lowest BCUT2D eigenvalue weighted by molar-refractivity contribution is -0.384. The monoisotopic (exact) mass is 412 g/mol. The van der Waals surface area contributed by atoms with E-state index in [0.717, 1.165) is 5.56 Å². The number of carbonyl (C=O) groups excluding carboxylic acids is 1. The van der Waals surface area contributed by atoms with Gasteiger partial charge in [0.25, 0.3) is 5.69 Å². The Morgan fingerprint density at radius 3 is 2.29 bits per heavy atom. The number of anilines is 1. The van der Waals surface area contributed by atoms with E-state index < -0.39 is 11.0 Å². The average molecular weight is 412 g/mol. The van der Waals surface area contributed by atoms with Crippen LogP contribution >= 0.6 is 0 Å². The van der Waals surface area contributed by atoms with Gasteiger partial charge in [0.05, 0.1) is 4.92 Å². The summed E-state index contributed by atoms with van der Waals surface area (Å²) in [6.07, 6.45) is 3.51. The molecular formula is C24H20N4O3. The highest BCUT2D eigenvalue weighted by atomic mass is 16.6. The molecule has 0 saturated heterocycles. The first-order valence-electron chi connectivity index (χ1n) is 9.71. The first-order valence-corrected chi connectivity index (χ1v) is 9.71. The molecule has 4 rings (SSSR count). The van der Waals surface area contributed by atoms with Crippen LogP contribution in [0.2, 0.25) is 0 Å². The summed E-state index contributed by atoms with van der Waals surface area (Å²) in [5, 5.41) is 15.1. The van der Waals surface area contributed by atoms with Crippen LogP contribution in [0.1, 0.15) is 33.4 Å². The van der Waals surface area contributed by atoms with Crippen molar-refractivity contribution in [3.63, 3.8) is 0 Å². The molecule has 0 spiro atoms. The lowest BCUT2D eigenvalue weighted by Gasteiger charge is -2.20. The van der Waals surface area contributed by atoms with Gasteiger partial charge in [-0.3, -0.25) is 14.9 Å². The highest BCUT2D eigenvalue weighted by molar-refractivity contribution is 6.09. The number of aryl methyl sites for hydroxylation is 1. The number of carbonyl (C=O) groups is 1. The second kappa shape index (κ2) is 8.62. The van der Waals surface area contributed by atoms with E-state index in [9.17, 15) is 14.9 Å². The molecule has 31 heavy (non-hydrogen) atoms. The SMILES string of the molecule is Cn1ccnc1[C@@H](Nc1ccc(C(=O)c2ccccc2)cc1[N+](=O)[O-])c1ccccc1. The molecule has 4 aromatic rings. The van der Waals surface area contributed by atoms with Crippen LogP contribution in [0.25, 0.3) is 0 Å². The molecule has 3 aromatic carbocycles. The van der Waals surface area contributed by atoms with Crippen LogP contribution in [0.15, 0.2) is 91.3 Å². The van der Waals surface area contributed by atoms with Gasteiger partial charge in [0, 0.05) is 36.6 Å². The molecule has 7 heteroatoms. The Labute approximate surface area is 179 Å². The first kappa shape index (κ1) is 20.0. The summed E-state index contributed by atoms with van der Waals surface area (Å²) < 4.78 is 1.86. The quantitative estimate of drug-likeness (QED) is 0.268. The molecule has 7 nitrogen and oxygen atoms in total. The Hall–Kier alpha value is -4.26. The normalized spacial score (nSPS) is 11.6. The van der Waals surface area contributed by atoms with Crippen LogP contribution < -0.4 is 5.32 Å². The van der Waals surface area contributed by atoms with E-state index in [1.54, 1.807) is 42.6 Å². The number of nitro groups is 1. The molecule has 1 aromatic heterocycles. The van der Waals surface area contributed by atoms with Gasteiger partial charge < -0.3 is 9.88 Å². The number of nitrogens with one attached hydrogen (secondary N) is 1. The van der Waals surface area contributed by atoms with Gasteiger partial charge in [-0.1, -0.05) is 60.7 Å². The van der Waals surface area contributed by atoms with Crippen LogP contribution in [0.3, 0.4) is 0 Å². The maximum Gasteiger partial charge on any atom is 0.293 e. The third-order valence-corrected chi connectivity index (χ3v) is 5.04. The molecule has 0 unspecified atom stereocenters. The fourth-order valence-corrected chi connectivity index (χ4v) is 3.46. The molecule has 1 atom stereocenters. The van der Waals surface area contributed by atoms with E-state index in [4.69, 9.17) is 0 Å².